The molecule has 5 heteroatoms. The Hall–Kier alpha value is -1.49. The molecular formula is C13H16F2N2O. The monoisotopic (exact) mass is 254 g/mol. The van der Waals surface area contributed by atoms with E-state index >= 15 is 0 Å². The van der Waals surface area contributed by atoms with Crippen molar-refractivity contribution in [2.45, 2.75) is 25.3 Å². The summed E-state index contributed by atoms with van der Waals surface area (Å²) in [6.07, 6.45) is 1.65. The van der Waals surface area contributed by atoms with E-state index in [9.17, 15) is 13.6 Å². The van der Waals surface area contributed by atoms with Gasteiger partial charge in [-0.1, -0.05) is 12.1 Å². The fourth-order valence-corrected chi connectivity index (χ4v) is 2.20. The van der Waals surface area contributed by atoms with Crippen LogP contribution in [0.15, 0.2) is 18.2 Å². The predicted molar refractivity (Wildman–Crippen MR) is 63.9 cm³/mol. The van der Waals surface area contributed by atoms with Gasteiger partial charge in [-0.3, -0.25) is 4.79 Å². The van der Waals surface area contributed by atoms with Gasteiger partial charge in [-0.15, -0.1) is 0 Å². The lowest BCUT2D eigenvalue weighted by Gasteiger charge is -2.30. The van der Waals surface area contributed by atoms with Gasteiger partial charge >= 0.3 is 0 Å². The zero-order chi connectivity index (χ0) is 13.1. The van der Waals surface area contributed by atoms with Crippen LogP contribution >= 0.6 is 0 Å². The number of hydrogen-bond donors (Lipinski definition) is 1. The van der Waals surface area contributed by atoms with Crippen LogP contribution in [0.3, 0.4) is 0 Å². The first-order valence-corrected chi connectivity index (χ1v) is 6.04. The fraction of sp³-hybridized carbons (Fsp3) is 0.462. The Kier molecular flexibility index (Phi) is 3.91. The van der Waals surface area contributed by atoms with Gasteiger partial charge in [0.25, 0.3) is 0 Å². The lowest BCUT2D eigenvalue weighted by molar-refractivity contribution is -0.131. The molecule has 1 atom stereocenters. The molecule has 1 aromatic carbocycles. The van der Waals surface area contributed by atoms with E-state index in [1.807, 2.05) is 0 Å². The van der Waals surface area contributed by atoms with Gasteiger partial charge in [-0.2, -0.15) is 0 Å². The Morgan fingerprint density at radius 3 is 2.94 bits per heavy atom. The van der Waals surface area contributed by atoms with Crippen LogP contribution in [0.25, 0.3) is 0 Å². The molecule has 1 fully saturated rings. The lowest BCUT2D eigenvalue weighted by atomic mass is 10.0. The van der Waals surface area contributed by atoms with Crippen molar-refractivity contribution in [3.63, 3.8) is 0 Å². The van der Waals surface area contributed by atoms with Gasteiger partial charge in [0.05, 0.1) is 6.42 Å². The fourth-order valence-electron chi connectivity index (χ4n) is 2.20. The van der Waals surface area contributed by atoms with Gasteiger partial charge in [0.2, 0.25) is 5.91 Å². The molecule has 3 nitrogen and oxygen atoms in total. The summed E-state index contributed by atoms with van der Waals surface area (Å²) in [5.41, 5.74) is 5.88. The smallest absolute Gasteiger partial charge is 0.227 e. The number of piperidine rings is 1. The van der Waals surface area contributed by atoms with E-state index in [1.54, 1.807) is 4.90 Å². The first-order valence-electron chi connectivity index (χ1n) is 6.04. The Morgan fingerprint density at radius 1 is 1.44 bits per heavy atom. The average molecular weight is 254 g/mol. The highest BCUT2D eigenvalue weighted by atomic mass is 19.2. The lowest BCUT2D eigenvalue weighted by Crippen LogP contribution is -2.46. The Labute approximate surface area is 105 Å². The minimum absolute atomic E-state index is 0.0138. The van der Waals surface area contributed by atoms with Crippen molar-refractivity contribution in [1.29, 1.82) is 0 Å². The Bertz CT molecular complexity index is 451. The number of nitrogens with zero attached hydrogens (tertiary/aromatic N) is 1. The van der Waals surface area contributed by atoms with E-state index in [0.29, 0.717) is 13.1 Å². The highest BCUT2D eigenvalue weighted by Crippen LogP contribution is 2.15. The number of benzene rings is 1. The number of likely N-dealkylation sites (tertiary alicyclic amines) is 1. The minimum Gasteiger partial charge on any atom is -0.341 e. The molecule has 2 N–H and O–H groups in total. The maximum atomic E-state index is 13.4. The van der Waals surface area contributed by atoms with Crippen LogP contribution in [0.2, 0.25) is 0 Å². The molecule has 1 saturated heterocycles. The molecule has 1 aliphatic heterocycles. The molecule has 18 heavy (non-hydrogen) atoms. The van der Waals surface area contributed by atoms with Crippen LogP contribution in [0.1, 0.15) is 18.4 Å². The van der Waals surface area contributed by atoms with E-state index in [1.165, 1.54) is 12.1 Å². The molecule has 1 amide bonds. The molecule has 2 rings (SSSR count). The molecule has 0 radical (unpaired) electrons. The third-order valence-corrected chi connectivity index (χ3v) is 3.18. The topological polar surface area (TPSA) is 46.3 Å². The summed E-state index contributed by atoms with van der Waals surface area (Å²) < 4.78 is 26.4. The van der Waals surface area contributed by atoms with Gasteiger partial charge in [-0.05, 0) is 18.9 Å². The molecule has 0 unspecified atom stereocenters. The quantitative estimate of drug-likeness (QED) is 0.868. The maximum absolute atomic E-state index is 13.4. The molecular weight excluding hydrogens is 238 g/mol. The van der Waals surface area contributed by atoms with Crippen molar-refractivity contribution in [1.82, 2.24) is 4.90 Å². The van der Waals surface area contributed by atoms with E-state index in [-0.39, 0.29) is 23.9 Å². The third-order valence-electron chi connectivity index (χ3n) is 3.18. The summed E-state index contributed by atoms with van der Waals surface area (Å²) in [4.78, 5) is 13.6. The van der Waals surface area contributed by atoms with Crippen LogP contribution < -0.4 is 5.73 Å². The van der Waals surface area contributed by atoms with Crippen molar-refractivity contribution in [2.24, 2.45) is 5.73 Å². The predicted octanol–water partition coefficient (Wildman–Crippen LogP) is 1.46. The third kappa shape index (κ3) is 2.85. The summed E-state index contributed by atoms with van der Waals surface area (Å²) in [5.74, 6) is -2.06. The summed E-state index contributed by atoms with van der Waals surface area (Å²) in [6.45, 7) is 1.14. The second-order valence-electron chi connectivity index (χ2n) is 4.63. The number of amides is 1. The van der Waals surface area contributed by atoms with E-state index in [0.717, 1.165) is 18.9 Å². The highest BCUT2D eigenvalue weighted by molar-refractivity contribution is 5.79. The molecule has 1 aromatic rings. The number of nitrogens with two attached hydrogens (primary N) is 1. The van der Waals surface area contributed by atoms with Crippen molar-refractivity contribution in [3.05, 3.63) is 35.4 Å². The average Bonchev–Trinajstić information content (AvgIpc) is 2.35. The van der Waals surface area contributed by atoms with Crippen LogP contribution in [0.4, 0.5) is 8.78 Å². The first kappa shape index (κ1) is 13.0. The SMILES string of the molecule is N[C@@H]1CCCN(C(=O)Cc2cccc(F)c2F)C1. The minimum atomic E-state index is -0.938. The molecule has 0 saturated carbocycles. The number of hydrogen-bond acceptors (Lipinski definition) is 2. The Morgan fingerprint density at radius 2 is 2.22 bits per heavy atom. The molecule has 0 aromatic heterocycles. The number of carbonyl (C=O) groups excluding carboxylic acids is 1. The largest absolute Gasteiger partial charge is 0.341 e. The van der Waals surface area contributed by atoms with E-state index < -0.39 is 11.6 Å². The molecule has 1 aliphatic rings. The number of halogens is 2. The summed E-state index contributed by atoms with van der Waals surface area (Å²) in [5, 5.41) is 0. The van der Waals surface area contributed by atoms with Gasteiger partial charge < -0.3 is 10.6 Å². The summed E-state index contributed by atoms with van der Waals surface area (Å²) in [7, 11) is 0. The van der Waals surface area contributed by atoms with E-state index in [4.69, 9.17) is 5.73 Å². The second kappa shape index (κ2) is 5.44. The molecule has 1 heterocycles. The molecule has 98 valence electrons. The van der Waals surface area contributed by atoms with Crippen LogP contribution in [0, 0.1) is 11.6 Å². The van der Waals surface area contributed by atoms with Crippen LogP contribution in [-0.2, 0) is 11.2 Å². The van der Waals surface area contributed by atoms with Gasteiger partial charge in [0.15, 0.2) is 11.6 Å². The van der Waals surface area contributed by atoms with Gasteiger partial charge in [-0.25, -0.2) is 8.78 Å². The van der Waals surface area contributed by atoms with Crippen molar-refractivity contribution in [2.75, 3.05) is 13.1 Å². The van der Waals surface area contributed by atoms with Gasteiger partial charge in [0.1, 0.15) is 0 Å². The maximum Gasteiger partial charge on any atom is 0.227 e. The second-order valence-corrected chi connectivity index (χ2v) is 4.63. The van der Waals surface area contributed by atoms with Crippen LogP contribution in [-0.4, -0.2) is 29.9 Å². The normalized spacial score (nSPS) is 19.9. The highest BCUT2D eigenvalue weighted by Gasteiger charge is 2.22. The molecule has 0 aliphatic carbocycles. The molecule has 0 bridgehead atoms. The van der Waals surface area contributed by atoms with Crippen molar-refractivity contribution < 1.29 is 13.6 Å². The Balaban J connectivity index is 2.04. The van der Waals surface area contributed by atoms with Gasteiger partial charge in [0, 0.05) is 24.7 Å². The van der Waals surface area contributed by atoms with Crippen molar-refractivity contribution >= 4 is 5.91 Å². The first-order chi connectivity index (χ1) is 8.58. The summed E-state index contributed by atoms with van der Waals surface area (Å²) >= 11 is 0. The summed E-state index contributed by atoms with van der Waals surface area (Å²) in [6, 6.07) is 3.86. The van der Waals surface area contributed by atoms with Crippen LogP contribution in [0.5, 0.6) is 0 Å². The zero-order valence-electron chi connectivity index (χ0n) is 10.0. The molecule has 0 spiro atoms. The number of carbonyl (C=O) groups is 1. The van der Waals surface area contributed by atoms with E-state index in [2.05, 4.69) is 0 Å². The number of rotatable bonds is 2. The van der Waals surface area contributed by atoms with Crippen molar-refractivity contribution in [3.8, 4) is 0 Å². The zero-order valence-corrected chi connectivity index (χ0v) is 10.0. The standard InChI is InChI=1S/C13H16F2N2O/c14-11-5-1-3-9(13(11)15)7-12(18)17-6-2-4-10(16)8-17/h1,3,5,10H,2,4,6-8,16H2/t10-/m1/s1.